The van der Waals surface area contributed by atoms with Gasteiger partial charge in [-0.15, -0.1) is 23.7 Å². The molecule has 1 aromatic carbocycles. The molecule has 0 saturated carbocycles. The number of nitrogens with two attached hydrogens (primary N) is 1. The number of rotatable bonds is 2. The van der Waals surface area contributed by atoms with Crippen molar-refractivity contribution in [2.45, 2.75) is 19.9 Å². The van der Waals surface area contributed by atoms with E-state index in [0.29, 0.717) is 0 Å². The van der Waals surface area contributed by atoms with Gasteiger partial charge < -0.3 is 5.73 Å². The Labute approximate surface area is 107 Å². The molecule has 0 aliphatic carbocycles. The lowest BCUT2D eigenvalue weighted by Crippen LogP contribution is -2.10. The summed E-state index contributed by atoms with van der Waals surface area (Å²) >= 11 is 1.71. The fourth-order valence-electron chi connectivity index (χ4n) is 1.82. The van der Waals surface area contributed by atoms with Gasteiger partial charge in [0.15, 0.2) is 0 Å². The third-order valence-electron chi connectivity index (χ3n) is 2.45. The van der Waals surface area contributed by atoms with Gasteiger partial charge in [0.1, 0.15) is 0 Å². The molecule has 0 bridgehead atoms. The normalized spacial score (nSPS) is 11.9. The predicted octanol–water partition coefficient (Wildman–Crippen LogP) is 3.83. The maximum absolute atomic E-state index is 6.21. The van der Waals surface area contributed by atoms with E-state index in [2.05, 4.69) is 43.5 Å². The molecule has 1 atom stereocenters. The SMILES string of the molecule is Cc1cc(C)cc([C@H](N)c2cccs2)c1.Cl. The van der Waals surface area contributed by atoms with Crippen LogP contribution in [0.25, 0.3) is 0 Å². The van der Waals surface area contributed by atoms with Gasteiger partial charge in [-0.25, -0.2) is 0 Å². The minimum Gasteiger partial charge on any atom is -0.320 e. The molecular weight excluding hydrogens is 238 g/mol. The summed E-state index contributed by atoms with van der Waals surface area (Å²) in [5.74, 6) is 0. The molecule has 2 aromatic rings. The van der Waals surface area contributed by atoms with E-state index >= 15 is 0 Å². The summed E-state index contributed by atoms with van der Waals surface area (Å²) in [5.41, 5.74) is 9.96. The molecule has 1 aromatic heterocycles. The molecule has 0 unspecified atom stereocenters. The summed E-state index contributed by atoms with van der Waals surface area (Å²) in [6.07, 6.45) is 0. The largest absolute Gasteiger partial charge is 0.320 e. The van der Waals surface area contributed by atoms with Gasteiger partial charge in [-0.2, -0.15) is 0 Å². The molecule has 0 saturated heterocycles. The van der Waals surface area contributed by atoms with E-state index in [1.165, 1.54) is 21.6 Å². The first kappa shape index (κ1) is 13.2. The van der Waals surface area contributed by atoms with Crippen LogP contribution in [0.1, 0.15) is 27.6 Å². The van der Waals surface area contributed by atoms with Gasteiger partial charge in [0.2, 0.25) is 0 Å². The van der Waals surface area contributed by atoms with Crippen LogP contribution in [0.5, 0.6) is 0 Å². The van der Waals surface area contributed by atoms with E-state index < -0.39 is 0 Å². The Kier molecular flexibility index (Phi) is 4.54. The Morgan fingerprint density at radius 2 is 1.75 bits per heavy atom. The van der Waals surface area contributed by atoms with Crippen LogP contribution < -0.4 is 5.73 Å². The Balaban J connectivity index is 0.00000128. The number of hydrogen-bond acceptors (Lipinski definition) is 2. The Morgan fingerprint density at radius 1 is 1.12 bits per heavy atom. The average Bonchev–Trinajstić information content (AvgIpc) is 2.67. The van der Waals surface area contributed by atoms with Crippen LogP contribution in [0.3, 0.4) is 0 Å². The van der Waals surface area contributed by atoms with Gasteiger partial charge in [0, 0.05) is 4.88 Å². The Hall–Kier alpha value is -0.830. The first-order valence-corrected chi connectivity index (χ1v) is 5.92. The minimum atomic E-state index is 0. The molecule has 1 heterocycles. The summed E-state index contributed by atoms with van der Waals surface area (Å²) < 4.78 is 0. The predicted molar refractivity (Wildman–Crippen MR) is 73.5 cm³/mol. The molecule has 3 heteroatoms. The lowest BCUT2D eigenvalue weighted by molar-refractivity contribution is 0.889. The van der Waals surface area contributed by atoms with Crippen molar-refractivity contribution >= 4 is 23.7 Å². The molecule has 0 aliphatic rings. The molecular formula is C13H16ClNS. The smallest absolute Gasteiger partial charge is 0.0646 e. The maximum Gasteiger partial charge on any atom is 0.0646 e. The van der Waals surface area contributed by atoms with Crippen LogP contribution in [-0.2, 0) is 0 Å². The summed E-state index contributed by atoms with van der Waals surface area (Å²) in [5, 5.41) is 2.07. The van der Waals surface area contributed by atoms with Gasteiger partial charge in [0.05, 0.1) is 6.04 Å². The van der Waals surface area contributed by atoms with Gasteiger partial charge in [0.25, 0.3) is 0 Å². The molecule has 1 nitrogen and oxygen atoms in total. The summed E-state index contributed by atoms with van der Waals surface area (Å²) in [6, 6.07) is 10.7. The summed E-state index contributed by atoms with van der Waals surface area (Å²) in [4.78, 5) is 1.22. The first-order valence-electron chi connectivity index (χ1n) is 5.04. The topological polar surface area (TPSA) is 26.0 Å². The lowest BCUT2D eigenvalue weighted by Gasteiger charge is -2.11. The number of halogens is 1. The molecule has 16 heavy (non-hydrogen) atoms. The van der Waals surface area contributed by atoms with Crippen LogP contribution >= 0.6 is 23.7 Å². The standard InChI is InChI=1S/C13H15NS.ClH/c1-9-6-10(2)8-11(7-9)13(14)12-4-3-5-15-12;/h3-8,13H,14H2,1-2H3;1H/t13-;/m0./s1. The number of benzene rings is 1. The molecule has 0 amide bonds. The molecule has 0 spiro atoms. The van der Waals surface area contributed by atoms with Gasteiger partial charge in [-0.05, 0) is 30.9 Å². The van der Waals surface area contributed by atoms with E-state index in [4.69, 9.17) is 5.73 Å². The van der Waals surface area contributed by atoms with E-state index in [9.17, 15) is 0 Å². The van der Waals surface area contributed by atoms with Crippen molar-refractivity contribution in [1.29, 1.82) is 0 Å². The maximum atomic E-state index is 6.21. The highest BCUT2D eigenvalue weighted by molar-refractivity contribution is 7.10. The van der Waals surface area contributed by atoms with E-state index in [1.54, 1.807) is 11.3 Å². The van der Waals surface area contributed by atoms with Crippen molar-refractivity contribution in [2.24, 2.45) is 5.73 Å². The van der Waals surface area contributed by atoms with Crippen molar-refractivity contribution in [2.75, 3.05) is 0 Å². The molecule has 0 radical (unpaired) electrons. The van der Waals surface area contributed by atoms with Crippen LogP contribution in [0, 0.1) is 13.8 Å². The number of aryl methyl sites for hydroxylation is 2. The lowest BCUT2D eigenvalue weighted by atomic mass is 10.0. The molecule has 2 rings (SSSR count). The van der Waals surface area contributed by atoms with Crippen molar-refractivity contribution in [3.8, 4) is 0 Å². The van der Waals surface area contributed by atoms with E-state index in [-0.39, 0.29) is 18.4 Å². The second-order valence-electron chi connectivity index (χ2n) is 3.91. The van der Waals surface area contributed by atoms with Crippen LogP contribution in [0.15, 0.2) is 35.7 Å². The van der Waals surface area contributed by atoms with Gasteiger partial charge in [-0.3, -0.25) is 0 Å². The fourth-order valence-corrected chi connectivity index (χ4v) is 2.58. The molecule has 2 N–H and O–H groups in total. The highest BCUT2D eigenvalue weighted by atomic mass is 35.5. The Morgan fingerprint density at radius 3 is 2.25 bits per heavy atom. The molecule has 86 valence electrons. The average molecular weight is 254 g/mol. The van der Waals surface area contributed by atoms with Gasteiger partial charge in [-0.1, -0.05) is 35.4 Å². The van der Waals surface area contributed by atoms with Crippen molar-refractivity contribution in [3.05, 3.63) is 57.3 Å². The van der Waals surface area contributed by atoms with Crippen molar-refractivity contribution < 1.29 is 0 Å². The quantitative estimate of drug-likeness (QED) is 0.865. The van der Waals surface area contributed by atoms with Crippen LogP contribution in [0.2, 0.25) is 0 Å². The van der Waals surface area contributed by atoms with E-state index in [0.717, 1.165) is 0 Å². The summed E-state index contributed by atoms with van der Waals surface area (Å²) in [6.45, 7) is 4.22. The number of hydrogen-bond donors (Lipinski definition) is 1. The van der Waals surface area contributed by atoms with Crippen LogP contribution in [0.4, 0.5) is 0 Å². The summed E-state index contributed by atoms with van der Waals surface area (Å²) in [7, 11) is 0. The second-order valence-corrected chi connectivity index (χ2v) is 4.89. The third-order valence-corrected chi connectivity index (χ3v) is 3.41. The fraction of sp³-hybridized carbons (Fsp3) is 0.231. The zero-order valence-electron chi connectivity index (χ0n) is 9.44. The molecule has 0 aliphatic heterocycles. The zero-order chi connectivity index (χ0) is 10.8. The first-order chi connectivity index (χ1) is 7.16. The van der Waals surface area contributed by atoms with E-state index in [1.807, 2.05) is 6.07 Å². The minimum absolute atomic E-state index is 0. The zero-order valence-corrected chi connectivity index (χ0v) is 11.1. The monoisotopic (exact) mass is 253 g/mol. The second kappa shape index (κ2) is 5.48. The van der Waals surface area contributed by atoms with Crippen LogP contribution in [-0.4, -0.2) is 0 Å². The highest BCUT2D eigenvalue weighted by Crippen LogP contribution is 2.25. The Bertz CT molecular complexity index is 431. The number of thiophene rings is 1. The van der Waals surface area contributed by atoms with Crippen molar-refractivity contribution in [3.63, 3.8) is 0 Å². The van der Waals surface area contributed by atoms with Crippen molar-refractivity contribution in [1.82, 2.24) is 0 Å². The third kappa shape index (κ3) is 2.85. The van der Waals surface area contributed by atoms with Gasteiger partial charge >= 0.3 is 0 Å². The highest BCUT2D eigenvalue weighted by Gasteiger charge is 2.10. The molecule has 0 fully saturated rings.